The van der Waals surface area contributed by atoms with E-state index >= 15 is 0 Å². The first-order valence-electron chi connectivity index (χ1n) is 5.57. The Bertz CT molecular complexity index is 513. The molecule has 1 rings (SSSR count). The highest BCUT2D eigenvalue weighted by Crippen LogP contribution is 2.05. The minimum atomic E-state index is -1.26. The van der Waals surface area contributed by atoms with Gasteiger partial charge in [0.1, 0.15) is 17.4 Å². The molecule has 0 bridgehead atoms. The molecule has 0 aliphatic rings. The van der Waals surface area contributed by atoms with Crippen LogP contribution in [0, 0.1) is 5.92 Å². The van der Waals surface area contributed by atoms with Crippen molar-refractivity contribution in [3.05, 3.63) is 29.6 Å². The minimum absolute atomic E-state index is 0.133. The number of aromatic nitrogens is 1. The number of carbonyl (C=O) groups excluding carboxylic acids is 1. The van der Waals surface area contributed by atoms with Gasteiger partial charge in [0.25, 0.3) is 5.91 Å². The van der Waals surface area contributed by atoms with E-state index in [0.29, 0.717) is 0 Å². The predicted molar refractivity (Wildman–Crippen MR) is 64.9 cm³/mol. The summed E-state index contributed by atoms with van der Waals surface area (Å²) < 4.78 is 0. The highest BCUT2D eigenvalue weighted by atomic mass is 16.4. The Morgan fingerprint density at radius 3 is 2.21 bits per heavy atom. The molecule has 0 radical (unpaired) electrons. The van der Waals surface area contributed by atoms with Gasteiger partial charge in [0.15, 0.2) is 0 Å². The molecule has 19 heavy (non-hydrogen) atoms. The van der Waals surface area contributed by atoms with Crippen LogP contribution in [0.5, 0.6) is 0 Å². The van der Waals surface area contributed by atoms with Gasteiger partial charge in [-0.05, 0) is 18.1 Å². The van der Waals surface area contributed by atoms with E-state index in [1.54, 1.807) is 13.8 Å². The predicted octanol–water partition coefficient (Wildman–Crippen LogP) is 0.619. The molecule has 7 nitrogen and oxygen atoms in total. The Kier molecular flexibility index (Phi) is 4.57. The number of rotatable bonds is 5. The van der Waals surface area contributed by atoms with Crippen molar-refractivity contribution in [3.63, 3.8) is 0 Å². The molecule has 1 amide bonds. The van der Waals surface area contributed by atoms with Crippen molar-refractivity contribution in [2.45, 2.75) is 19.9 Å². The van der Waals surface area contributed by atoms with E-state index in [2.05, 4.69) is 10.3 Å². The minimum Gasteiger partial charge on any atom is -0.480 e. The first-order chi connectivity index (χ1) is 8.82. The molecule has 1 aromatic rings. The van der Waals surface area contributed by atoms with Crippen LogP contribution in [0.4, 0.5) is 0 Å². The smallest absolute Gasteiger partial charge is 0.354 e. The number of aliphatic carboxylic acids is 1. The van der Waals surface area contributed by atoms with Crippen LogP contribution in [0.1, 0.15) is 34.8 Å². The summed E-state index contributed by atoms with van der Waals surface area (Å²) in [5.74, 6) is -3.43. The zero-order valence-corrected chi connectivity index (χ0v) is 10.5. The lowest BCUT2D eigenvalue weighted by Gasteiger charge is -2.17. The Morgan fingerprint density at radius 2 is 1.74 bits per heavy atom. The van der Waals surface area contributed by atoms with E-state index in [-0.39, 0.29) is 17.3 Å². The Balaban J connectivity index is 2.91. The van der Waals surface area contributed by atoms with Gasteiger partial charge in [0.05, 0.1) is 0 Å². The van der Waals surface area contributed by atoms with Crippen molar-refractivity contribution in [1.29, 1.82) is 0 Å². The summed E-state index contributed by atoms with van der Waals surface area (Å²) in [4.78, 5) is 37.1. The topological polar surface area (TPSA) is 117 Å². The third kappa shape index (κ3) is 3.77. The molecule has 0 aliphatic carbocycles. The number of carbonyl (C=O) groups is 3. The molecule has 1 aromatic heterocycles. The Hall–Kier alpha value is -2.44. The maximum atomic E-state index is 11.8. The summed E-state index contributed by atoms with van der Waals surface area (Å²) in [7, 11) is 0. The lowest BCUT2D eigenvalue weighted by Crippen LogP contribution is -2.44. The number of nitrogens with zero attached hydrogens (tertiary/aromatic N) is 1. The summed E-state index contributed by atoms with van der Waals surface area (Å²) >= 11 is 0. The normalized spacial score (nSPS) is 11.9. The first-order valence-corrected chi connectivity index (χ1v) is 5.57. The fourth-order valence-corrected chi connectivity index (χ4v) is 1.41. The largest absolute Gasteiger partial charge is 0.480 e. The number of pyridine rings is 1. The molecule has 0 aliphatic heterocycles. The highest BCUT2D eigenvalue weighted by Gasteiger charge is 2.24. The van der Waals surface area contributed by atoms with Crippen LogP contribution >= 0.6 is 0 Å². The fraction of sp³-hybridized carbons (Fsp3) is 0.333. The van der Waals surface area contributed by atoms with E-state index in [1.165, 1.54) is 18.2 Å². The zero-order valence-electron chi connectivity index (χ0n) is 10.5. The molecule has 1 atom stereocenters. The average molecular weight is 266 g/mol. The summed E-state index contributed by atoms with van der Waals surface area (Å²) in [6.45, 7) is 3.31. The number of carboxylic acid groups (broad SMARTS) is 2. The second kappa shape index (κ2) is 5.94. The third-order valence-corrected chi connectivity index (χ3v) is 2.42. The molecule has 1 unspecified atom stereocenters. The molecule has 0 saturated carbocycles. The summed E-state index contributed by atoms with van der Waals surface area (Å²) in [6.07, 6.45) is 0. The zero-order chi connectivity index (χ0) is 14.6. The molecule has 0 fully saturated rings. The van der Waals surface area contributed by atoms with Crippen LogP contribution in [0.25, 0.3) is 0 Å². The number of hydrogen-bond donors (Lipinski definition) is 3. The third-order valence-electron chi connectivity index (χ3n) is 2.42. The van der Waals surface area contributed by atoms with Gasteiger partial charge in [0, 0.05) is 0 Å². The molecule has 102 valence electrons. The standard InChI is InChI=1S/C12H14N2O5/c1-6(2)9(12(18)19)14-10(15)7-4-3-5-8(13-7)11(16)17/h3-6,9H,1-2H3,(H,14,15)(H,16,17)(H,18,19). The number of carboxylic acids is 2. The van der Waals surface area contributed by atoms with E-state index in [9.17, 15) is 14.4 Å². The maximum absolute atomic E-state index is 11.8. The van der Waals surface area contributed by atoms with Crippen LogP contribution in [-0.4, -0.2) is 39.1 Å². The molecule has 0 saturated heterocycles. The molecule has 0 aromatic carbocycles. The summed E-state index contributed by atoms with van der Waals surface area (Å²) in [5, 5.41) is 20.0. The van der Waals surface area contributed by atoms with Crippen LogP contribution in [0.3, 0.4) is 0 Å². The SMILES string of the molecule is CC(C)C(NC(=O)c1cccc(C(=O)O)n1)C(=O)O. The lowest BCUT2D eigenvalue weighted by atomic mass is 10.0. The highest BCUT2D eigenvalue weighted by molar-refractivity contribution is 5.96. The molecule has 3 N–H and O–H groups in total. The van der Waals surface area contributed by atoms with E-state index < -0.39 is 23.9 Å². The molecule has 0 spiro atoms. The van der Waals surface area contributed by atoms with E-state index in [1.807, 2.05) is 0 Å². The Morgan fingerprint density at radius 1 is 1.16 bits per heavy atom. The van der Waals surface area contributed by atoms with Crippen molar-refractivity contribution in [3.8, 4) is 0 Å². The van der Waals surface area contributed by atoms with Crippen molar-refractivity contribution < 1.29 is 24.6 Å². The van der Waals surface area contributed by atoms with Crippen molar-refractivity contribution in [2.75, 3.05) is 0 Å². The molecular formula is C12H14N2O5. The average Bonchev–Trinajstić information content (AvgIpc) is 2.34. The van der Waals surface area contributed by atoms with Gasteiger partial charge < -0.3 is 15.5 Å². The monoisotopic (exact) mass is 266 g/mol. The number of aromatic carboxylic acids is 1. The molecular weight excluding hydrogens is 252 g/mol. The quantitative estimate of drug-likeness (QED) is 0.719. The van der Waals surface area contributed by atoms with E-state index in [4.69, 9.17) is 10.2 Å². The van der Waals surface area contributed by atoms with Gasteiger partial charge in [-0.15, -0.1) is 0 Å². The van der Waals surface area contributed by atoms with Gasteiger partial charge in [-0.1, -0.05) is 19.9 Å². The summed E-state index contributed by atoms with van der Waals surface area (Å²) in [6, 6.07) is 2.89. The van der Waals surface area contributed by atoms with Crippen LogP contribution < -0.4 is 5.32 Å². The molecule has 1 heterocycles. The van der Waals surface area contributed by atoms with Crippen LogP contribution in [0.15, 0.2) is 18.2 Å². The van der Waals surface area contributed by atoms with Gasteiger partial charge in [-0.2, -0.15) is 0 Å². The molecule has 7 heteroatoms. The van der Waals surface area contributed by atoms with Gasteiger partial charge >= 0.3 is 11.9 Å². The van der Waals surface area contributed by atoms with Gasteiger partial charge in [-0.3, -0.25) is 4.79 Å². The van der Waals surface area contributed by atoms with Gasteiger partial charge in [0.2, 0.25) is 0 Å². The van der Waals surface area contributed by atoms with E-state index in [0.717, 1.165) is 0 Å². The van der Waals surface area contributed by atoms with Gasteiger partial charge in [-0.25, -0.2) is 14.6 Å². The van der Waals surface area contributed by atoms with Crippen LogP contribution in [-0.2, 0) is 4.79 Å². The maximum Gasteiger partial charge on any atom is 0.354 e. The summed E-state index contributed by atoms with van der Waals surface area (Å²) in [5.41, 5.74) is -0.407. The van der Waals surface area contributed by atoms with Crippen molar-refractivity contribution in [1.82, 2.24) is 10.3 Å². The van der Waals surface area contributed by atoms with Crippen molar-refractivity contribution in [2.24, 2.45) is 5.92 Å². The number of nitrogens with one attached hydrogen (secondary N) is 1. The lowest BCUT2D eigenvalue weighted by molar-refractivity contribution is -0.140. The van der Waals surface area contributed by atoms with Crippen molar-refractivity contribution >= 4 is 17.8 Å². The second-order valence-corrected chi connectivity index (χ2v) is 4.25. The number of amides is 1. The fourth-order valence-electron chi connectivity index (χ4n) is 1.41. The number of hydrogen-bond acceptors (Lipinski definition) is 4. The Labute approximate surface area is 109 Å². The first kappa shape index (κ1) is 14.6. The van der Waals surface area contributed by atoms with Crippen LogP contribution in [0.2, 0.25) is 0 Å². The second-order valence-electron chi connectivity index (χ2n) is 4.25.